The van der Waals surface area contributed by atoms with Gasteiger partial charge in [0.15, 0.2) is 0 Å². The summed E-state index contributed by atoms with van der Waals surface area (Å²) in [6, 6.07) is 0.338. The van der Waals surface area contributed by atoms with E-state index in [-0.39, 0.29) is 28.5 Å². The molecule has 4 heterocycles. The molecule has 3 aliphatic rings. The van der Waals surface area contributed by atoms with Crippen LogP contribution in [0.15, 0.2) is 17.2 Å². The van der Waals surface area contributed by atoms with Gasteiger partial charge in [0.25, 0.3) is 11.5 Å². The Bertz CT molecular complexity index is 763. The van der Waals surface area contributed by atoms with Crippen molar-refractivity contribution in [3.05, 3.63) is 28.4 Å². The van der Waals surface area contributed by atoms with Crippen molar-refractivity contribution in [1.29, 1.82) is 0 Å². The van der Waals surface area contributed by atoms with Gasteiger partial charge < -0.3 is 19.7 Å². The minimum absolute atomic E-state index is 0.129. The van der Waals surface area contributed by atoms with Crippen LogP contribution < -0.4 is 5.56 Å². The van der Waals surface area contributed by atoms with Crippen LogP contribution in [0.5, 0.6) is 0 Å². The Kier molecular flexibility index (Phi) is 4.75. The molecule has 8 nitrogen and oxygen atoms in total. The predicted octanol–water partition coefficient (Wildman–Crippen LogP) is 0.319. The van der Waals surface area contributed by atoms with Gasteiger partial charge in [-0.2, -0.15) is 0 Å². The lowest BCUT2D eigenvalue weighted by Crippen LogP contribution is -2.55. The van der Waals surface area contributed by atoms with Gasteiger partial charge in [0.1, 0.15) is 5.69 Å². The lowest BCUT2D eigenvalue weighted by atomic mass is 9.72. The molecule has 1 aromatic heterocycles. The zero-order chi connectivity index (χ0) is 19.0. The monoisotopic (exact) mass is 373 g/mol. The second-order valence-electron chi connectivity index (χ2n) is 8.31. The summed E-state index contributed by atoms with van der Waals surface area (Å²) in [5.74, 6) is 0.152. The highest BCUT2D eigenvalue weighted by molar-refractivity contribution is 5.92. The first kappa shape index (κ1) is 18.2. The number of likely N-dealkylation sites (tertiary alicyclic amines) is 3. The molecule has 8 heteroatoms. The molecule has 1 N–H and O–H groups in total. The van der Waals surface area contributed by atoms with Gasteiger partial charge in [-0.3, -0.25) is 14.4 Å². The third-order valence-corrected chi connectivity index (χ3v) is 6.51. The van der Waals surface area contributed by atoms with Crippen LogP contribution in [-0.4, -0.2) is 82.3 Å². The first-order valence-electron chi connectivity index (χ1n) is 9.78. The van der Waals surface area contributed by atoms with Crippen LogP contribution in [0, 0.1) is 5.41 Å². The number of amides is 2. The number of carbonyl (C=O) groups excluding carboxylic acids is 2. The van der Waals surface area contributed by atoms with Gasteiger partial charge >= 0.3 is 0 Å². The molecule has 4 rings (SSSR count). The van der Waals surface area contributed by atoms with Gasteiger partial charge in [-0.15, -0.1) is 0 Å². The molecule has 1 spiro atoms. The van der Waals surface area contributed by atoms with Gasteiger partial charge in [0.05, 0.1) is 6.20 Å². The topological polar surface area (TPSA) is 89.6 Å². The van der Waals surface area contributed by atoms with Crippen LogP contribution in [0.25, 0.3) is 0 Å². The summed E-state index contributed by atoms with van der Waals surface area (Å²) in [7, 11) is 2.11. The standard InChI is InChI=1S/C19H27N5O3/c1-22-7-3-14(12-22)24-13-19(4-2-17(24)26)5-8-23(9-6-19)18(27)15-10-21-16(25)11-20-15/h10-11,14H,2-9,12-13H2,1H3,(H,21,25)/t14-/m0/s1. The maximum atomic E-state index is 12.6. The number of aromatic amines is 1. The number of hydrogen-bond acceptors (Lipinski definition) is 5. The quantitative estimate of drug-likeness (QED) is 0.806. The van der Waals surface area contributed by atoms with Crippen LogP contribution in [-0.2, 0) is 4.79 Å². The molecule has 0 unspecified atom stereocenters. The molecule has 146 valence electrons. The molecule has 3 aliphatic heterocycles. The Morgan fingerprint density at radius 1 is 1.22 bits per heavy atom. The zero-order valence-corrected chi connectivity index (χ0v) is 15.8. The molecule has 1 atom stereocenters. The van der Waals surface area contributed by atoms with E-state index in [4.69, 9.17) is 0 Å². The number of piperidine rings is 2. The lowest BCUT2D eigenvalue weighted by Gasteiger charge is -2.48. The summed E-state index contributed by atoms with van der Waals surface area (Å²) < 4.78 is 0. The molecule has 0 radical (unpaired) electrons. The average Bonchev–Trinajstić information content (AvgIpc) is 3.11. The summed E-state index contributed by atoms with van der Waals surface area (Å²) in [4.78, 5) is 48.9. The minimum atomic E-state index is -0.311. The van der Waals surface area contributed by atoms with Gasteiger partial charge in [-0.25, -0.2) is 4.98 Å². The summed E-state index contributed by atoms with van der Waals surface area (Å²) in [6.07, 6.45) is 6.94. The van der Waals surface area contributed by atoms with Crippen molar-refractivity contribution in [3.63, 3.8) is 0 Å². The van der Waals surface area contributed by atoms with E-state index in [1.165, 1.54) is 6.20 Å². The van der Waals surface area contributed by atoms with Crippen LogP contribution in [0.3, 0.4) is 0 Å². The maximum absolute atomic E-state index is 12.6. The number of nitrogens with one attached hydrogen (secondary N) is 1. The molecular formula is C19H27N5O3. The lowest BCUT2D eigenvalue weighted by molar-refractivity contribution is -0.141. The summed E-state index contributed by atoms with van der Waals surface area (Å²) in [5, 5.41) is 0. The Hall–Kier alpha value is -2.22. The Morgan fingerprint density at radius 2 is 2.00 bits per heavy atom. The molecule has 2 amide bonds. The summed E-state index contributed by atoms with van der Waals surface area (Å²) in [6.45, 7) is 4.18. The number of rotatable bonds is 2. The van der Waals surface area contributed by atoms with Crippen molar-refractivity contribution >= 4 is 11.8 Å². The highest BCUT2D eigenvalue weighted by Gasteiger charge is 2.44. The Morgan fingerprint density at radius 3 is 2.63 bits per heavy atom. The fraction of sp³-hybridized carbons (Fsp3) is 0.684. The first-order valence-corrected chi connectivity index (χ1v) is 9.78. The molecule has 0 aromatic carbocycles. The molecule has 27 heavy (non-hydrogen) atoms. The number of likely N-dealkylation sites (N-methyl/N-ethyl adjacent to an activating group) is 1. The molecular weight excluding hydrogens is 346 g/mol. The maximum Gasteiger partial charge on any atom is 0.273 e. The van der Waals surface area contributed by atoms with Crippen molar-refractivity contribution in [1.82, 2.24) is 24.7 Å². The van der Waals surface area contributed by atoms with E-state index in [0.717, 1.165) is 51.5 Å². The van der Waals surface area contributed by atoms with Crippen molar-refractivity contribution in [2.45, 2.75) is 38.1 Å². The molecule has 0 bridgehead atoms. The molecule has 0 aliphatic carbocycles. The SMILES string of the molecule is CN1CC[C@H](N2CC3(CCC2=O)CCN(C(=O)c2c[nH]c(=O)cn2)CC3)C1. The van der Waals surface area contributed by atoms with Gasteiger partial charge in [0.2, 0.25) is 5.91 Å². The minimum Gasteiger partial charge on any atom is -0.338 e. The normalized spacial score (nSPS) is 26.0. The van der Waals surface area contributed by atoms with Crippen molar-refractivity contribution < 1.29 is 9.59 Å². The highest BCUT2D eigenvalue weighted by atomic mass is 16.2. The fourth-order valence-corrected chi connectivity index (χ4v) is 4.76. The molecule has 0 saturated carbocycles. The van der Waals surface area contributed by atoms with Crippen LogP contribution in [0.1, 0.15) is 42.6 Å². The van der Waals surface area contributed by atoms with Crippen molar-refractivity contribution in [2.75, 3.05) is 39.8 Å². The van der Waals surface area contributed by atoms with E-state index in [1.807, 2.05) is 4.90 Å². The van der Waals surface area contributed by atoms with E-state index in [1.54, 1.807) is 0 Å². The molecule has 3 fully saturated rings. The van der Waals surface area contributed by atoms with E-state index < -0.39 is 0 Å². The van der Waals surface area contributed by atoms with Gasteiger partial charge in [-0.05, 0) is 44.7 Å². The first-order chi connectivity index (χ1) is 13.0. The number of aromatic nitrogens is 2. The number of H-pyrrole nitrogens is 1. The van der Waals surface area contributed by atoms with E-state index in [9.17, 15) is 14.4 Å². The number of nitrogens with zero attached hydrogens (tertiary/aromatic N) is 4. The fourth-order valence-electron chi connectivity index (χ4n) is 4.76. The van der Waals surface area contributed by atoms with Gasteiger partial charge in [0, 0.05) is 44.8 Å². The second-order valence-corrected chi connectivity index (χ2v) is 8.31. The van der Waals surface area contributed by atoms with Crippen LogP contribution >= 0.6 is 0 Å². The van der Waals surface area contributed by atoms with Crippen molar-refractivity contribution in [2.24, 2.45) is 5.41 Å². The summed E-state index contributed by atoms with van der Waals surface area (Å²) >= 11 is 0. The van der Waals surface area contributed by atoms with E-state index in [0.29, 0.717) is 25.6 Å². The predicted molar refractivity (Wildman–Crippen MR) is 99.3 cm³/mol. The Balaban J connectivity index is 1.40. The third kappa shape index (κ3) is 3.63. The van der Waals surface area contributed by atoms with E-state index in [2.05, 4.69) is 26.8 Å². The summed E-state index contributed by atoms with van der Waals surface area (Å²) in [5.41, 5.74) is 0.0956. The van der Waals surface area contributed by atoms with Crippen LogP contribution in [0.2, 0.25) is 0 Å². The number of carbonyl (C=O) groups is 2. The number of hydrogen-bond donors (Lipinski definition) is 1. The largest absolute Gasteiger partial charge is 0.338 e. The highest BCUT2D eigenvalue weighted by Crippen LogP contribution is 2.41. The third-order valence-electron chi connectivity index (χ3n) is 6.51. The molecule has 3 saturated heterocycles. The Labute approximate surface area is 158 Å². The zero-order valence-electron chi connectivity index (χ0n) is 15.8. The van der Waals surface area contributed by atoms with Crippen molar-refractivity contribution in [3.8, 4) is 0 Å². The van der Waals surface area contributed by atoms with Gasteiger partial charge in [-0.1, -0.05) is 0 Å². The van der Waals surface area contributed by atoms with E-state index >= 15 is 0 Å². The average molecular weight is 373 g/mol. The molecule has 1 aromatic rings. The second kappa shape index (κ2) is 7.07. The smallest absolute Gasteiger partial charge is 0.273 e. The van der Waals surface area contributed by atoms with Crippen LogP contribution in [0.4, 0.5) is 0 Å².